The van der Waals surface area contributed by atoms with Crippen LogP contribution in [0.25, 0.3) is 33.8 Å². The number of nitrogens with zero attached hydrogens (tertiary/aromatic N) is 6. The highest BCUT2D eigenvalue weighted by Crippen LogP contribution is 2.34. The number of fused-ring (bicyclic) bond motifs is 1. The third kappa shape index (κ3) is 4.68. The van der Waals surface area contributed by atoms with Crippen LogP contribution in [0.1, 0.15) is 52.3 Å². The Morgan fingerprint density at radius 1 is 1.14 bits per heavy atom. The van der Waals surface area contributed by atoms with Crippen molar-refractivity contribution in [1.82, 2.24) is 29.3 Å². The molecule has 2 unspecified atom stereocenters. The van der Waals surface area contributed by atoms with Crippen LogP contribution in [0.4, 0.5) is 0 Å². The molecule has 4 aromatic rings. The van der Waals surface area contributed by atoms with E-state index >= 15 is 0 Å². The van der Waals surface area contributed by atoms with Gasteiger partial charge in [0.05, 0.1) is 30.8 Å². The Kier molecular flexibility index (Phi) is 6.69. The van der Waals surface area contributed by atoms with E-state index < -0.39 is 6.04 Å². The molecule has 0 aliphatic carbocycles. The lowest BCUT2D eigenvalue weighted by Gasteiger charge is -2.23. The summed E-state index contributed by atoms with van der Waals surface area (Å²) in [5, 5.41) is 5.82. The maximum absolute atomic E-state index is 11.9. The second-order valence-corrected chi connectivity index (χ2v) is 9.13. The summed E-state index contributed by atoms with van der Waals surface area (Å²) in [5.74, 6) is 0.891. The zero-order valence-electron chi connectivity index (χ0n) is 20.9. The summed E-state index contributed by atoms with van der Waals surface area (Å²) < 4.78 is 20.5. The molecule has 1 aliphatic heterocycles. The topological polar surface area (TPSA) is 106 Å². The van der Waals surface area contributed by atoms with Crippen LogP contribution in [0.5, 0.6) is 5.75 Å². The van der Waals surface area contributed by atoms with Gasteiger partial charge >= 0.3 is 5.97 Å². The zero-order chi connectivity index (χ0) is 25.2. The van der Waals surface area contributed by atoms with Gasteiger partial charge in [-0.3, -0.25) is 0 Å². The minimum Gasteiger partial charge on any atom is -0.491 e. The molecule has 1 aromatic carbocycles. The first-order valence-corrected chi connectivity index (χ1v) is 12.2. The first-order valence-electron chi connectivity index (χ1n) is 12.2. The normalized spacial score (nSPS) is 16.9. The largest absolute Gasteiger partial charge is 0.491 e. The molecule has 1 fully saturated rings. The van der Waals surface area contributed by atoms with Crippen LogP contribution in [0.15, 0.2) is 43.0 Å². The summed E-state index contributed by atoms with van der Waals surface area (Å²) >= 11 is 0. The highest BCUT2D eigenvalue weighted by atomic mass is 16.5. The fraction of sp³-hybridized carbons (Fsp3) is 0.423. The molecule has 1 aliphatic rings. The van der Waals surface area contributed by atoms with Gasteiger partial charge in [-0.25, -0.2) is 24.4 Å². The molecular formula is C26H30N6O4. The summed E-state index contributed by atoms with van der Waals surface area (Å²) in [6.45, 7) is 6.47. The molecule has 2 atom stereocenters. The quantitative estimate of drug-likeness (QED) is 0.347. The number of hydrogen-bond acceptors (Lipinski definition) is 8. The Hall–Kier alpha value is -3.79. The summed E-state index contributed by atoms with van der Waals surface area (Å²) in [6, 6.07) is 7.25. The van der Waals surface area contributed by atoms with Gasteiger partial charge in [-0.1, -0.05) is 0 Å². The molecule has 0 amide bonds. The van der Waals surface area contributed by atoms with Crippen molar-refractivity contribution in [3.05, 3.63) is 43.0 Å². The van der Waals surface area contributed by atoms with Crippen molar-refractivity contribution < 1.29 is 19.0 Å². The lowest BCUT2D eigenvalue weighted by Crippen LogP contribution is -2.19. The Labute approximate surface area is 209 Å². The molecular weight excluding hydrogens is 460 g/mol. The van der Waals surface area contributed by atoms with Crippen molar-refractivity contribution in [2.75, 3.05) is 13.7 Å². The van der Waals surface area contributed by atoms with E-state index in [2.05, 4.69) is 9.97 Å². The van der Waals surface area contributed by atoms with Crippen LogP contribution in [-0.2, 0) is 14.3 Å². The lowest BCUT2D eigenvalue weighted by atomic mass is 10.1. The van der Waals surface area contributed by atoms with Crippen LogP contribution in [0, 0.1) is 0 Å². The second kappa shape index (κ2) is 10.1. The van der Waals surface area contributed by atoms with E-state index in [-0.39, 0.29) is 18.3 Å². The van der Waals surface area contributed by atoms with E-state index in [4.69, 9.17) is 24.3 Å². The Morgan fingerprint density at radius 3 is 2.75 bits per heavy atom. The molecule has 0 N–H and O–H groups in total. The number of imidazole rings is 1. The van der Waals surface area contributed by atoms with Crippen LogP contribution in [0.3, 0.4) is 0 Å². The SMILES string of the molecule is COC(=O)C(C)n1cnc(-c2ccnc(-c3nn(C4CCCCO4)c4ccc(OC(C)C)cc34)n2)c1. The molecule has 4 heterocycles. The summed E-state index contributed by atoms with van der Waals surface area (Å²) in [5.41, 5.74) is 2.84. The molecule has 0 spiro atoms. The van der Waals surface area contributed by atoms with Gasteiger partial charge in [-0.15, -0.1) is 0 Å². The van der Waals surface area contributed by atoms with Gasteiger partial charge in [0, 0.05) is 24.4 Å². The van der Waals surface area contributed by atoms with E-state index in [1.807, 2.05) is 36.7 Å². The van der Waals surface area contributed by atoms with Gasteiger partial charge in [0.2, 0.25) is 0 Å². The third-order valence-corrected chi connectivity index (χ3v) is 6.20. The van der Waals surface area contributed by atoms with Crippen molar-refractivity contribution in [2.24, 2.45) is 0 Å². The van der Waals surface area contributed by atoms with Crippen molar-refractivity contribution in [3.8, 4) is 28.7 Å². The molecule has 1 saturated heterocycles. The number of benzene rings is 1. The number of rotatable bonds is 7. The van der Waals surface area contributed by atoms with Crippen LogP contribution >= 0.6 is 0 Å². The van der Waals surface area contributed by atoms with Crippen LogP contribution < -0.4 is 4.74 Å². The van der Waals surface area contributed by atoms with Gasteiger partial charge in [-0.05, 0) is 64.3 Å². The predicted octanol–water partition coefficient (Wildman–Crippen LogP) is 4.58. The van der Waals surface area contributed by atoms with E-state index in [1.165, 1.54) is 7.11 Å². The maximum atomic E-state index is 11.9. The second-order valence-electron chi connectivity index (χ2n) is 9.13. The fourth-order valence-electron chi connectivity index (χ4n) is 4.36. The Bertz CT molecular complexity index is 1370. The van der Waals surface area contributed by atoms with Gasteiger partial charge in [-0.2, -0.15) is 5.10 Å². The molecule has 0 bridgehead atoms. The minimum absolute atomic E-state index is 0.0460. The number of ether oxygens (including phenoxy) is 3. The fourth-order valence-corrected chi connectivity index (χ4v) is 4.36. The lowest BCUT2D eigenvalue weighted by molar-refractivity contribution is -0.144. The Balaban J connectivity index is 1.56. The van der Waals surface area contributed by atoms with Gasteiger partial charge < -0.3 is 18.8 Å². The Morgan fingerprint density at radius 2 is 2.00 bits per heavy atom. The standard InChI is InChI=1S/C26H30N6O4/c1-16(2)36-18-8-9-22-19(13-18)24(30-32(22)23-7-5-6-12-35-23)25-27-11-10-20(29-25)21-14-31(15-28-21)17(3)26(33)34-4/h8-11,13-17,23H,5-7,12H2,1-4H3. The van der Waals surface area contributed by atoms with Gasteiger partial charge in [0.15, 0.2) is 12.1 Å². The minimum atomic E-state index is -0.493. The average Bonchev–Trinajstić information content (AvgIpc) is 3.53. The number of carbonyl (C=O) groups is 1. The summed E-state index contributed by atoms with van der Waals surface area (Å²) in [7, 11) is 1.37. The molecule has 10 nitrogen and oxygen atoms in total. The molecule has 3 aromatic heterocycles. The van der Waals surface area contributed by atoms with E-state index in [9.17, 15) is 4.79 Å². The molecule has 10 heteroatoms. The van der Waals surface area contributed by atoms with Crippen LogP contribution in [0.2, 0.25) is 0 Å². The van der Waals surface area contributed by atoms with Crippen molar-refractivity contribution in [3.63, 3.8) is 0 Å². The highest BCUT2D eigenvalue weighted by molar-refractivity contribution is 5.93. The molecule has 36 heavy (non-hydrogen) atoms. The number of esters is 1. The van der Waals surface area contributed by atoms with Crippen molar-refractivity contribution in [2.45, 2.75) is 58.4 Å². The molecule has 5 rings (SSSR count). The van der Waals surface area contributed by atoms with Gasteiger partial charge in [0.25, 0.3) is 0 Å². The monoisotopic (exact) mass is 490 g/mol. The van der Waals surface area contributed by atoms with Crippen LogP contribution in [-0.4, -0.2) is 55.1 Å². The maximum Gasteiger partial charge on any atom is 0.328 e. The third-order valence-electron chi connectivity index (χ3n) is 6.20. The highest BCUT2D eigenvalue weighted by Gasteiger charge is 2.24. The van der Waals surface area contributed by atoms with Gasteiger partial charge in [0.1, 0.15) is 23.2 Å². The van der Waals surface area contributed by atoms with E-state index in [0.29, 0.717) is 29.5 Å². The number of methoxy groups -OCH3 is 1. The summed E-state index contributed by atoms with van der Waals surface area (Å²) in [6.07, 6.45) is 8.02. The summed E-state index contributed by atoms with van der Waals surface area (Å²) in [4.78, 5) is 25.7. The molecule has 188 valence electrons. The van der Waals surface area contributed by atoms with Crippen molar-refractivity contribution >= 4 is 16.9 Å². The first kappa shape index (κ1) is 23.9. The number of aromatic nitrogens is 6. The average molecular weight is 491 g/mol. The van der Waals surface area contributed by atoms with E-state index in [0.717, 1.165) is 35.9 Å². The first-order chi connectivity index (χ1) is 17.4. The van der Waals surface area contributed by atoms with Crippen molar-refractivity contribution in [1.29, 1.82) is 0 Å². The zero-order valence-corrected chi connectivity index (χ0v) is 20.9. The number of hydrogen-bond donors (Lipinski definition) is 0. The number of carbonyl (C=O) groups excluding carboxylic acids is 1. The molecule has 0 saturated carbocycles. The smallest absolute Gasteiger partial charge is 0.328 e. The predicted molar refractivity (Wildman–Crippen MR) is 133 cm³/mol. The van der Waals surface area contributed by atoms with E-state index in [1.54, 1.807) is 36.3 Å². The molecule has 0 radical (unpaired) electrons.